The van der Waals surface area contributed by atoms with Gasteiger partial charge >= 0.3 is 0 Å². The van der Waals surface area contributed by atoms with E-state index in [0.29, 0.717) is 43.9 Å². The Kier molecular flexibility index (Phi) is 7.44. The topological polar surface area (TPSA) is 156 Å². The standard InChI is InChI=1S/C27H32N10/c28-24(29)10-5-13-30-25-35-26(31-14-11-18-16-33-22-8-3-1-6-20(18)22)37-27(36-25)32-15-12-19-17-34-23-9-4-2-7-21(19)23/h1-4,6-9,16-17,33-34H,5,10-15H2,(H3,28,29)(H3,30,31,32,35,36,37). The van der Waals surface area contributed by atoms with Gasteiger partial charge in [0.25, 0.3) is 0 Å². The highest BCUT2D eigenvalue weighted by molar-refractivity contribution is 5.83. The van der Waals surface area contributed by atoms with Crippen molar-refractivity contribution in [3.63, 3.8) is 0 Å². The Morgan fingerprint density at radius 1 is 0.703 bits per heavy atom. The Bertz CT molecular complexity index is 1390. The normalized spacial score (nSPS) is 11.1. The van der Waals surface area contributed by atoms with Crippen LogP contribution < -0.4 is 21.7 Å². The van der Waals surface area contributed by atoms with Gasteiger partial charge in [0.15, 0.2) is 0 Å². The second kappa shape index (κ2) is 11.4. The maximum atomic E-state index is 7.40. The zero-order valence-electron chi connectivity index (χ0n) is 20.6. The van der Waals surface area contributed by atoms with E-state index in [9.17, 15) is 0 Å². The minimum absolute atomic E-state index is 0.178. The summed E-state index contributed by atoms with van der Waals surface area (Å²) >= 11 is 0. The van der Waals surface area contributed by atoms with E-state index in [0.717, 1.165) is 30.3 Å². The summed E-state index contributed by atoms with van der Waals surface area (Å²) in [5.74, 6) is 1.69. The van der Waals surface area contributed by atoms with Crippen LogP contribution in [0.5, 0.6) is 0 Å². The number of rotatable bonds is 13. The molecule has 0 unspecified atom stereocenters. The Morgan fingerprint density at radius 3 is 1.65 bits per heavy atom. The van der Waals surface area contributed by atoms with Crippen molar-refractivity contribution in [3.05, 3.63) is 72.1 Å². The van der Waals surface area contributed by atoms with Crippen molar-refractivity contribution in [1.29, 1.82) is 5.41 Å². The number of nitrogens with zero attached hydrogens (tertiary/aromatic N) is 3. The predicted octanol–water partition coefficient (Wildman–Crippen LogP) is 4.27. The van der Waals surface area contributed by atoms with Gasteiger partial charge in [-0.25, -0.2) is 0 Å². The van der Waals surface area contributed by atoms with Crippen molar-refractivity contribution in [2.45, 2.75) is 25.7 Å². The minimum Gasteiger partial charge on any atom is -0.388 e. The lowest BCUT2D eigenvalue weighted by Gasteiger charge is -2.11. The number of hydrogen-bond donors (Lipinski definition) is 7. The highest BCUT2D eigenvalue weighted by Gasteiger charge is 2.09. The van der Waals surface area contributed by atoms with Crippen LogP contribution in [0.4, 0.5) is 17.8 Å². The molecule has 37 heavy (non-hydrogen) atoms. The molecule has 3 aromatic heterocycles. The van der Waals surface area contributed by atoms with Gasteiger partial charge in [0.05, 0.1) is 5.84 Å². The molecule has 2 aromatic carbocycles. The van der Waals surface area contributed by atoms with Crippen molar-refractivity contribution < 1.29 is 0 Å². The lowest BCUT2D eigenvalue weighted by Crippen LogP contribution is -2.16. The molecule has 10 heteroatoms. The van der Waals surface area contributed by atoms with Crippen molar-refractivity contribution >= 4 is 45.5 Å². The van der Waals surface area contributed by atoms with Crippen LogP contribution in [0.1, 0.15) is 24.0 Å². The number of aromatic nitrogens is 5. The van der Waals surface area contributed by atoms with Gasteiger partial charge in [-0.05, 0) is 42.5 Å². The van der Waals surface area contributed by atoms with Gasteiger partial charge in [-0.3, -0.25) is 5.41 Å². The lowest BCUT2D eigenvalue weighted by atomic mass is 10.1. The lowest BCUT2D eigenvalue weighted by molar-refractivity contribution is 0.879. The number of anilines is 3. The molecule has 5 aromatic rings. The molecule has 0 aliphatic carbocycles. The number of para-hydroxylation sites is 2. The van der Waals surface area contributed by atoms with Crippen LogP contribution in [-0.2, 0) is 12.8 Å². The third kappa shape index (κ3) is 6.16. The van der Waals surface area contributed by atoms with Crippen molar-refractivity contribution in [3.8, 4) is 0 Å². The molecule has 0 aliphatic heterocycles. The van der Waals surface area contributed by atoms with Gasteiger partial charge in [0.2, 0.25) is 17.8 Å². The first kappa shape index (κ1) is 24.1. The molecule has 10 nitrogen and oxygen atoms in total. The maximum absolute atomic E-state index is 7.40. The Balaban J connectivity index is 1.23. The number of fused-ring (bicyclic) bond motifs is 2. The summed E-state index contributed by atoms with van der Waals surface area (Å²) in [6, 6.07) is 16.6. The van der Waals surface area contributed by atoms with E-state index >= 15 is 0 Å². The summed E-state index contributed by atoms with van der Waals surface area (Å²) in [5.41, 5.74) is 10.2. The SMILES string of the molecule is N=C(N)CCCNc1nc(NCCc2c[nH]c3ccccc23)nc(NCCc2c[nH]c3ccccc23)n1. The Labute approximate surface area is 215 Å². The highest BCUT2D eigenvalue weighted by atomic mass is 15.3. The smallest absolute Gasteiger partial charge is 0.229 e. The van der Waals surface area contributed by atoms with Crippen LogP contribution in [0.15, 0.2) is 60.9 Å². The quantitative estimate of drug-likeness (QED) is 0.0729. The first-order valence-electron chi connectivity index (χ1n) is 12.6. The average molecular weight is 497 g/mol. The first-order chi connectivity index (χ1) is 18.2. The molecule has 0 amide bonds. The summed E-state index contributed by atoms with van der Waals surface area (Å²) < 4.78 is 0. The maximum Gasteiger partial charge on any atom is 0.229 e. The van der Waals surface area contributed by atoms with Crippen LogP contribution in [-0.4, -0.2) is 50.4 Å². The molecule has 0 saturated carbocycles. The second-order valence-corrected chi connectivity index (χ2v) is 8.93. The third-order valence-electron chi connectivity index (χ3n) is 6.25. The van der Waals surface area contributed by atoms with E-state index in [1.807, 2.05) is 12.1 Å². The fourth-order valence-corrected chi connectivity index (χ4v) is 4.39. The second-order valence-electron chi connectivity index (χ2n) is 8.93. The predicted molar refractivity (Wildman–Crippen MR) is 150 cm³/mol. The van der Waals surface area contributed by atoms with Gasteiger partial charge in [-0.2, -0.15) is 15.0 Å². The van der Waals surface area contributed by atoms with Gasteiger partial charge in [-0.1, -0.05) is 36.4 Å². The van der Waals surface area contributed by atoms with Crippen molar-refractivity contribution in [2.24, 2.45) is 5.73 Å². The summed E-state index contributed by atoms with van der Waals surface area (Å²) in [6.45, 7) is 1.99. The third-order valence-corrected chi connectivity index (χ3v) is 6.25. The monoisotopic (exact) mass is 496 g/mol. The van der Waals surface area contributed by atoms with Crippen LogP contribution in [0.3, 0.4) is 0 Å². The van der Waals surface area contributed by atoms with Crippen LogP contribution in [0.25, 0.3) is 21.8 Å². The van der Waals surface area contributed by atoms with E-state index < -0.39 is 0 Å². The van der Waals surface area contributed by atoms with Crippen molar-refractivity contribution in [1.82, 2.24) is 24.9 Å². The van der Waals surface area contributed by atoms with Gasteiger partial charge < -0.3 is 31.7 Å². The summed E-state index contributed by atoms with van der Waals surface area (Å²) in [4.78, 5) is 20.3. The fourth-order valence-electron chi connectivity index (χ4n) is 4.39. The minimum atomic E-state index is 0.178. The molecule has 0 aliphatic rings. The number of nitrogens with one attached hydrogen (secondary N) is 6. The van der Waals surface area contributed by atoms with Crippen LogP contribution >= 0.6 is 0 Å². The average Bonchev–Trinajstić information content (AvgIpc) is 3.51. The molecule has 0 fully saturated rings. The Morgan fingerprint density at radius 2 is 1.16 bits per heavy atom. The van der Waals surface area contributed by atoms with E-state index in [1.54, 1.807) is 0 Å². The number of benzene rings is 2. The molecular formula is C27H32N10. The first-order valence-corrected chi connectivity index (χ1v) is 12.6. The van der Waals surface area contributed by atoms with E-state index in [1.165, 1.54) is 21.9 Å². The van der Waals surface area contributed by atoms with E-state index in [-0.39, 0.29) is 5.84 Å². The fraction of sp³-hybridized carbons (Fsp3) is 0.259. The van der Waals surface area contributed by atoms with Crippen molar-refractivity contribution in [2.75, 3.05) is 35.6 Å². The number of nitrogens with two attached hydrogens (primary N) is 1. The molecule has 3 heterocycles. The van der Waals surface area contributed by atoms with Gasteiger partial charge in [0.1, 0.15) is 0 Å². The molecule has 190 valence electrons. The van der Waals surface area contributed by atoms with Gasteiger partial charge in [-0.15, -0.1) is 0 Å². The molecule has 8 N–H and O–H groups in total. The molecule has 0 atom stereocenters. The van der Waals surface area contributed by atoms with E-state index in [4.69, 9.17) is 11.1 Å². The van der Waals surface area contributed by atoms with E-state index in [2.05, 4.69) is 89.7 Å². The molecule has 0 spiro atoms. The molecule has 0 radical (unpaired) electrons. The molecule has 0 saturated heterocycles. The Hall–Kier alpha value is -4.60. The zero-order chi connectivity index (χ0) is 25.5. The number of H-pyrrole nitrogens is 2. The zero-order valence-corrected chi connectivity index (χ0v) is 20.6. The summed E-state index contributed by atoms with van der Waals surface area (Å²) in [7, 11) is 0. The van der Waals surface area contributed by atoms with Crippen LogP contribution in [0.2, 0.25) is 0 Å². The molecule has 5 rings (SSSR count). The number of hydrogen-bond acceptors (Lipinski definition) is 7. The number of aromatic amines is 2. The molecular weight excluding hydrogens is 464 g/mol. The largest absolute Gasteiger partial charge is 0.388 e. The summed E-state index contributed by atoms with van der Waals surface area (Å²) in [6.07, 6.45) is 7.04. The molecule has 0 bridgehead atoms. The van der Waals surface area contributed by atoms with Gasteiger partial charge in [0, 0.05) is 60.3 Å². The summed E-state index contributed by atoms with van der Waals surface area (Å²) in [5, 5.41) is 19.8. The number of amidine groups is 1. The van der Waals surface area contributed by atoms with Crippen LogP contribution in [0, 0.1) is 5.41 Å². The highest BCUT2D eigenvalue weighted by Crippen LogP contribution is 2.19.